The molecule has 1 aromatic rings. The zero-order chi connectivity index (χ0) is 12.5. The van der Waals surface area contributed by atoms with E-state index in [1.165, 1.54) is 0 Å². The van der Waals surface area contributed by atoms with Crippen LogP contribution in [0, 0.1) is 0 Å². The number of ether oxygens (including phenoxy) is 1. The molecule has 0 saturated carbocycles. The highest BCUT2D eigenvalue weighted by Gasteiger charge is 2.62. The fourth-order valence-electron chi connectivity index (χ4n) is 1.97. The summed E-state index contributed by atoms with van der Waals surface area (Å²) in [5, 5.41) is 0. The van der Waals surface area contributed by atoms with Crippen molar-refractivity contribution in [2.45, 2.75) is 18.4 Å². The number of rotatable bonds is 3. The summed E-state index contributed by atoms with van der Waals surface area (Å²) in [6.45, 7) is -0.194. The van der Waals surface area contributed by atoms with Crippen LogP contribution in [0.5, 0.6) is 0 Å². The summed E-state index contributed by atoms with van der Waals surface area (Å²) in [5.74, 6) is 0. The summed E-state index contributed by atoms with van der Waals surface area (Å²) in [4.78, 5) is 1.60. The second kappa shape index (κ2) is 4.31. The molecule has 1 aliphatic heterocycles. The fourth-order valence-corrected chi connectivity index (χ4v) is 1.97. The van der Waals surface area contributed by atoms with Gasteiger partial charge in [0.2, 0.25) is 0 Å². The summed E-state index contributed by atoms with van der Waals surface area (Å²) in [6.07, 6.45) is -4.31. The molecule has 2 rings (SSSR count). The molecule has 1 aliphatic rings. The Morgan fingerprint density at radius 2 is 1.82 bits per heavy atom. The van der Waals surface area contributed by atoms with Gasteiger partial charge in [-0.15, -0.1) is 0 Å². The monoisotopic (exact) mass is 245 g/mol. The molecule has 0 amide bonds. The second-order valence-electron chi connectivity index (χ2n) is 4.44. The topological polar surface area (TPSA) is 12.5 Å². The highest BCUT2D eigenvalue weighted by atomic mass is 19.4. The lowest BCUT2D eigenvalue weighted by Crippen LogP contribution is -2.69. The number of hydrogen-bond donors (Lipinski definition) is 0. The maximum atomic E-state index is 12.9. The van der Waals surface area contributed by atoms with Crippen LogP contribution < -0.4 is 0 Å². The predicted molar refractivity (Wildman–Crippen MR) is 57.5 cm³/mol. The van der Waals surface area contributed by atoms with E-state index in [-0.39, 0.29) is 19.7 Å². The van der Waals surface area contributed by atoms with E-state index < -0.39 is 11.8 Å². The number of halogens is 3. The van der Waals surface area contributed by atoms with Crippen molar-refractivity contribution in [1.82, 2.24) is 4.90 Å². The van der Waals surface area contributed by atoms with E-state index in [2.05, 4.69) is 0 Å². The van der Waals surface area contributed by atoms with Gasteiger partial charge in [-0.25, -0.2) is 0 Å². The predicted octanol–water partition coefficient (Wildman–Crippen LogP) is 2.45. The zero-order valence-corrected chi connectivity index (χ0v) is 9.50. The molecule has 0 bridgehead atoms. The van der Waals surface area contributed by atoms with Crippen LogP contribution in [0.3, 0.4) is 0 Å². The minimum Gasteiger partial charge on any atom is -0.358 e. The summed E-state index contributed by atoms with van der Waals surface area (Å²) in [7, 11) is 1.65. The van der Waals surface area contributed by atoms with Crippen molar-refractivity contribution < 1.29 is 17.9 Å². The van der Waals surface area contributed by atoms with Gasteiger partial charge in [-0.05, 0) is 12.6 Å². The molecule has 17 heavy (non-hydrogen) atoms. The first-order valence-electron chi connectivity index (χ1n) is 5.36. The number of nitrogens with zero attached hydrogens (tertiary/aromatic N) is 1. The third-order valence-electron chi connectivity index (χ3n) is 2.93. The average molecular weight is 245 g/mol. The molecule has 1 aromatic carbocycles. The van der Waals surface area contributed by atoms with Crippen molar-refractivity contribution in [1.29, 1.82) is 0 Å². The Morgan fingerprint density at radius 3 is 2.29 bits per heavy atom. The second-order valence-corrected chi connectivity index (χ2v) is 4.44. The lowest BCUT2D eigenvalue weighted by Gasteiger charge is -2.48. The minimum atomic E-state index is -4.31. The van der Waals surface area contributed by atoms with E-state index in [0.29, 0.717) is 0 Å². The van der Waals surface area contributed by atoms with Crippen LogP contribution in [0.15, 0.2) is 30.3 Å². The highest BCUT2D eigenvalue weighted by molar-refractivity contribution is 5.14. The van der Waals surface area contributed by atoms with Crippen molar-refractivity contribution in [3.8, 4) is 0 Å². The Balaban J connectivity index is 2.01. The lowest BCUT2D eigenvalue weighted by molar-refractivity contribution is -0.319. The Bertz CT molecular complexity index is 371. The Morgan fingerprint density at radius 1 is 1.24 bits per heavy atom. The minimum absolute atomic E-state index is 0.00576. The summed E-state index contributed by atoms with van der Waals surface area (Å²) in [5.41, 5.74) is -1.23. The van der Waals surface area contributed by atoms with Crippen molar-refractivity contribution in [3.05, 3.63) is 35.9 Å². The van der Waals surface area contributed by atoms with E-state index in [1.54, 1.807) is 36.2 Å². The number of likely N-dealkylation sites (N-methyl/N-ethyl adjacent to an activating group) is 1. The molecule has 0 aliphatic carbocycles. The Hall–Kier alpha value is -1.07. The van der Waals surface area contributed by atoms with Gasteiger partial charge in [0.05, 0.1) is 6.61 Å². The number of alkyl halides is 3. The van der Waals surface area contributed by atoms with Crippen LogP contribution in [-0.2, 0) is 11.3 Å². The van der Waals surface area contributed by atoms with E-state index in [1.807, 2.05) is 6.07 Å². The Kier molecular flexibility index (Phi) is 3.14. The van der Waals surface area contributed by atoms with Crippen LogP contribution in [0.1, 0.15) is 5.56 Å². The van der Waals surface area contributed by atoms with E-state index in [9.17, 15) is 13.2 Å². The van der Waals surface area contributed by atoms with Crippen LogP contribution in [0.4, 0.5) is 13.2 Å². The molecule has 1 fully saturated rings. The van der Waals surface area contributed by atoms with Gasteiger partial charge < -0.3 is 4.74 Å². The van der Waals surface area contributed by atoms with Crippen molar-refractivity contribution in [2.24, 2.45) is 0 Å². The SMILES string of the molecule is CN1CC(OCc2ccccc2)(C(F)(F)F)C1. The number of hydrogen-bond acceptors (Lipinski definition) is 2. The summed E-state index contributed by atoms with van der Waals surface area (Å²) >= 11 is 0. The molecular formula is C12H14F3NO. The van der Waals surface area contributed by atoms with Crippen molar-refractivity contribution in [2.75, 3.05) is 20.1 Å². The molecule has 1 heterocycles. The first-order chi connectivity index (χ1) is 7.93. The standard InChI is InChI=1S/C12H14F3NO/c1-16-8-11(9-16,12(13,14)15)17-7-10-5-3-2-4-6-10/h2-6H,7-9H2,1H3. The van der Waals surface area contributed by atoms with Gasteiger partial charge in [0.1, 0.15) is 0 Å². The van der Waals surface area contributed by atoms with Gasteiger partial charge in [0.25, 0.3) is 0 Å². The fraction of sp³-hybridized carbons (Fsp3) is 0.500. The van der Waals surface area contributed by atoms with Crippen LogP contribution >= 0.6 is 0 Å². The van der Waals surface area contributed by atoms with Crippen molar-refractivity contribution in [3.63, 3.8) is 0 Å². The molecule has 2 nitrogen and oxygen atoms in total. The van der Waals surface area contributed by atoms with Gasteiger partial charge in [-0.3, -0.25) is 4.90 Å². The van der Waals surface area contributed by atoms with E-state index in [4.69, 9.17) is 4.74 Å². The summed E-state index contributed by atoms with van der Waals surface area (Å²) in [6, 6.07) is 8.90. The van der Waals surface area contributed by atoms with Crippen molar-refractivity contribution >= 4 is 0 Å². The molecule has 0 unspecified atom stereocenters. The third kappa shape index (κ3) is 2.45. The van der Waals surface area contributed by atoms with Crippen LogP contribution in [-0.4, -0.2) is 36.8 Å². The molecule has 1 saturated heterocycles. The molecule has 0 aromatic heterocycles. The molecule has 5 heteroatoms. The highest BCUT2D eigenvalue weighted by Crippen LogP contribution is 2.40. The van der Waals surface area contributed by atoms with Gasteiger partial charge >= 0.3 is 6.18 Å². The van der Waals surface area contributed by atoms with Gasteiger partial charge in [-0.2, -0.15) is 13.2 Å². The summed E-state index contributed by atoms with van der Waals surface area (Å²) < 4.78 is 43.8. The van der Waals surface area contributed by atoms with Gasteiger partial charge in [-0.1, -0.05) is 30.3 Å². The quantitative estimate of drug-likeness (QED) is 0.811. The van der Waals surface area contributed by atoms with Gasteiger partial charge in [0.15, 0.2) is 5.60 Å². The normalized spacial score (nSPS) is 20.0. The molecule has 0 atom stereocenters. The first-order valence-corrected chi connectivity index (χ1v) is 5.36. The third-order valence-corrected chi connectivity index (χ3v) is 2.93. The number of likely N-dealkylation sites (tertiary alicyclic amines) is 1. The first kappa shape index (κ1) is 12.4. The Labute approximate surface area is 98.0 Å². The van der Waals surface area contributed by atoms with E-state index >= 15 is 0 Å². The molecule has 0 radical (unpaired) electrons. The molecule has 0 N–H and O–H groups in total. The molecule has 0 spiro atoms. The average Bonchev–Trinajstić information content (AvgIpc) is 2.22. The molecular weight excluding hydrogens is 231 g/mol. The maximum absolute atomic E-state index is 12.9. The lowest BCUT2D eigenvalue weighted by atomic mass is 9.94. The van der Waals surface area contributed by atoms with Crippen LogP contribution in [0.2, 0.25) is 0 Å². The molecule has 94 valence electrons. The van der Waals surface area contributed by atoms with Crippen LogP contribution in [0.25, 0.3) is 0 Å². The zero-order valence-electron chi connectivity index (χ0n) is 9.50. The largest absolute Gasteiger partial charge is 0.419 e. The van der Waals surface area contributed by atoms with Gasteiger partial charge in [0, 0.05) is 13.1 Å². The maximum Gasteiger partial charge on any atom is 0.419 e. The van der Waals surface area contributed by atoms with E-state index in [0.717, 1.165) is 5.56 Å². The number of benzene rings is 1. The smallest absolute Gasteiger partial charge is 0.358 e.